The van der Waals surface area contributed by atoms with E-state index in [0.717, 1.165) is 5.56 Å². The van der Waals surface area contributed by atoms with Gasteiger partial charge in [0.2, 0.25) is 10.0 Å². The second-order valence-electron chi connectivity index (χ2n) is 18.2. The third-order valence-electron chi connectivity index (χ3n) is 11.8. The molecule has 0 aliphatic heterocycles. The molecule has 2 atom stereocenters. The lowest BCUT2D eigenvalue weighted by molar-refractivity contribution is -0.148. The maximum atomic E-state index is 13.5. The maximum Gasteiger partial charge on any atom is 0.343 e. The Morgan fingerprint density at radius 3 is 1.28 bits per heavy atom. The van der Waals surface area contributed by atoms with Crippen LogP contribution in [0.5, 0.6) is 11.5 Å². The molecule has 0 amide bonds. The van der Waals surface area contributed by atoms with Crippen molar-refractivity contribution in [2.45, 2.75) is 44.3 Å². The molecule has 0 heterocycles. The average molecular weight is 1250 g/mol. The Bertz CT molecular complexity index is 3100. The lowest BCUT2D eigenvalue weighted by Gasteiger charge is -2.27. The number of nitrogens with one attached hydrogen (secondary N) is 2. The molecule has 0 saturated carbocycles. The van der Waals surface area contributed by atoms with E-state index < -0.39 is 99.8 Å². The van der Waals surface area contributed by atoms with Crippen LogP contribution in [0, 0.1) is 5.41 Å². The van der Waals surface area contributed by atoms with Crippen molar-refractivity contribution in [1.82, 2.24) is 13.3 Å². The first-order chi connectivity index (χ1) is 40.9. The number of benzene rings is 4. The van der Waals surface area contributed by atoms with Crippen molar-refractivity contribution in [3.63, 3.8) is 0 Å². The molecular weight excluding hydrogens is 1180 g/mol. The highest BCUT2D eigenvalue weighted by Crippen LogP contribution is 2.21. The van der Waals surface area contributed by atoms with Crippen LogP contribution in [0.15, 0.2) is 102 Å². The minimum Gasteiger partial charge on any atom is -0.481 e. The van der Waals surface area contributed by atoms with Crippen LogP contribution in [-0.2, 0) is 87.2 Å². The van der Waals surface area contributed by atoms with Crippen molar-refractivity contribution in [2.75, 3.05) is 98.1 Å². The standard InChI is InChI=1S/C54H70N8O22S2/c55-47(56)33-38-1-7-40(8-2-38)52(71)83-43-13-3-37(4-14-43)17-32-85(73,74)61(45(50(67)68)34-48(63)64)18-20-77-22-24-79-26-28-81-30-31-82-29-27-80-25-23-78-21-19-62(46(51(69)70)35-49(65)66)86(75,76)59-36-39-5-15-44(16-6-39)84-53(72)41-9-11-42(12-10-41)60-54(57)58/h1-16,45-46,59H,17-36H2,(H3,55,56)(H,63,64)(H,65,66)(H,67,68)(H,69,70)(H4,57,58,60)/t45-,46-/m0/s1. The zero-order chi connectivity index (χ0) is 63.1. The van der Waals surface area contributed by atoms with Crippen LogP contribution in [0.3, 0.4) is 0 Å². The molecule has 0 aliphatic rings. The number of rotatable bonds is 44. The van der Waals surface area contributed by atoms with E-state index in [4.69, 9.17) is 60.5 Å². The monoisotopic (exact) mass is 1250 g/mol. The molecule has 4 aromatic rings. The topological polar surface area (TPSA) is 458 Å². The van der Waals surface area contributed by atoms with E-state index in [2.05, 4.69) is 9.71 Å². The molecule has 0 unspecified atom stereocenters. The van der Waals surface area contributed by atoms with Gasteiger partial charge in [-0.25, -0.2) is 23.0 Å². The van der Waals surface area contributed by atoms with Gasteiger partial charge in [-0.05, 0) is 83.8 Å². The largest absolute Gasteiger partial charge is 0.481 e. The Kier molecular flexibility index (Phi) is 30.1. The Balaban J connectivity index is 1.07. The minimum absolute atomic E-state index is 0.0125. The van der Waals surface area contributed by atoms with Gasteiger partial charge in [0.25, 0.3) is 10.2 Å². The molecule has 0 fully saturated rings. The summed E-state index contributed by atoms with van der Waals surface area (Å²) in [6.07, 6.45) is -1.90. The molecule has 0 bridgehead atoms. The summed E-state index contributed by atoms with van der Waals surface area (Å²) in [5, 5.41) is 45.7. The van der Waals surface area contributed by atoms with E-state index in [9.17, 15) is 66.0 Å². The highest BCUT2D eigenvalue weighted by atomic mass is 32.2. The number of carboxylic acid groups (broad SMARTS) is 4. The summed E-state index contributed by atoms with van der Waals surface area (Å²) < 4.78 is 101. The van der Waals surface area contributed by atoms with Crippen molar-refractivity contribution >= 4 is 73.5 Å². The number of nitrogens with two attached hydrogens (primary N) is 3. The second-order valence-corrected chi connectivity index (χ2v) is 22.0. The summed E-state index contributed by atoms with van der Waals surface area (Å²) in [6.45, 7) is -0.799. The SMILES string of the molecule is N=C(N)Cc1ccc(C(=O)Oc2ccc(CCS(=O)(=O)N(CCOCCOCCOCCOCCOCCOCCN([C@@H](CC(=O)O)C(=O)O)S(=O)(=O)NCc3ccc(OC(=O)c4ccc(N=C(N)N)cc4)cc3)[C@@H](CC(=O)O)C(=O)O)cc2)cc1. The number of aryl methyl sites for hydroxylation is 1. The fourth-order valence-corrected chi connectivity index (χ4v) is 10.5. The number of aliphatic imine (C=N–C) groups is 1. The Morgan fingerprint density at radius 1 is 0.512 bits per heavy atom. The first-order valence-corrected chi connectivity index (χ1v) is 29.3. The molecule has 0 spiro atoms. The fraction of sp³-hybridized carbons (Fsp3) is 0.407. The summed E-state index contributed by atoms with van der Waals surface area (Å²) in [5.41, 5.74) is 18.6. The quantitative estimate of drug-likeness (QED) is 0.00979. The number of aliphatic carboxylic acids is 4. The minimum atomic E-state index is -4.62. The molecule has 4 aromatic carbocycles. The number of sulfonamides is 1. The number of amidine groups is 1. The van der Waals surface area contributed by atoms with Crippen molar-refractivity contribution in [3.8, 4) is 11.5 Å². The van der Waals surface area contributed by atoms with Crippen molar-refractivity contribution in [1.29, 1.82) is 5.41 Å². The van der Waals surface area contributed by atoms with Crippen LogP contribution in [0.4, 0.5) is 5.69 Å². The maximum absolute atomic E-state index is 13.5. The molecule has 0 aliphatic carbocycles. The van der Waals surface area contributed by atoms with E-state index in [0.29, 0.717) is 25.4 Å². The van der Waals surface area contributed by atoms with Gasteiger partial charge in [0.05, 0.1) is 121 Å². The summed E-state index contributed by atoms with van der Waals surface area (Å²) >= 11 is 0. The predicted molar refractivity (Wildman–Crippen MR) is 306 cm³/mol. The van der Waals surface area contributed by atoms with Crippen molar-refractivity contribution < 1.29 is 104 Å². The van der Waals surface area contributed by atoms with E-state index in [1.807, 2.05) is 0 Å². The van der Waals surface area contributed by atoms with Gasteiger partial charge in [-0.3, -0.25) is 24.6 Å². The van der Waals surface area contributed by atoms with Gasteiger partial charge in [-0.15, -0.1) is 0 Å². The van der Waals surface area contributed by atoms with Gasteiger partial charge < -0.3 is 75.5 Å². The van der Waals surface area contributed by atoms with E-state index in [1.165, 1.54) is 84.9 Å². The molecule has 32 heteroatoms. The van der Waals surface area contributed by atoms with Crippen LogP contribution in [0.2, 0.25) is 0 Å². The second kappa shape index (κ2) is 36.7. The molecule has 4 rings (SSSR count). The zero-order valence-corrected chi connectivity index (χ0v) is 48.2. The summed E-state index contributed by atoms with van der Waals surface area (Å²) in [7, 11) is -8.98. The summed E-state index contributed by atoms with van der Waals surface area (Å²) in [5.74, 6) is -8.20. The molecule has 0 radical (unpaired) electrons. The van der Waals surface area contributed by atoms with Crippen molar-refractivity contribution in [2.24, 2.45) is 22.2 Å². The normalized spacial score (nSPS) is 12.3. The molecular formula is C54H70N8O22S2. The highest BCUT2D eigenvalue weighted by molar-refractivity contribution is 7.89. The third kappa shape index (κ3) is 26.5. The fourth-order valence-electron chi connectivity index (χ4n) is 7.55. The van der Waals surface area contributed by atoms with Crippen LogP contribution in [0.1, 0.15) is 50.2 Å². The van der Waals surface area contributed by atoms with Gasteiger partial charge in [-0.2, -0.15) is 21.8 Å². The lowest BCUT2D eigenvalue weighted by Crippen LogP contribution is -2.51. The summed E-state index contributed by atoms with van der Waals surface area (Å²) in [4.78, 5) is 76.3. The highest BCUT2D eigenvalue weighted by Gasteiger charge is 2.37. The number of hydrogen-bond donors (Lipinski definition) is 9. The third-order valence-corrected chi connectivity index (χ3v) is 15.2. The van der Waals surface area contributed by atoms with Crippen LogP contribution >= 0.6 is 0 Å². The van der Waals surface area contributed by atoms with Gasteiger partial charge in [0.1, 0.15) is 23.6 Å². The number of carboxylic acids is 4. The number of carbonyl (C=O) groups is 6. The first-order valence-electron chi connectivity index (χ1n) is 26.3. The number of ether oxygens (including phenoxy) is 8. The number of carbonyl (C=O) groups excluding carboxylic acids is 2. The van der Waals surface area contributed by atoms with E-state index in [-0.39, 0.29) is 133 Å². The summed E-state index contributed by atoms with van der Waals surface area (Å²) in [6, 6.07) is 20.1. The van der Waals surface area contributed by atoms with Crippen LogP contribution < -0.4 is 31.4 Å². The van der Waals surface area contributed by atoms with E-state index >= 15 is 0 Å². The molecule has 0 saturated heterocycles. The van der Waals surface area contributed by atoms with Gasteiger partial charge in [0, 0.05) is 26.1 Å². The molecule has 30 nitrogen and oxygen atoms in total. The van der Waals surface area contributed by atoms with Crippen molar-refractivity contribution in [3.05, 3.63) is 125 Å². The number of guanidine groups is 1. The zero-order valence-electron chi connectivity index (χ0n) is 46.6. The van der Waals surface area contributed by atoms with Gasteiger partial charge in [0.15, 0.2) is 5.96 Å². The Labute approximate surface area is 495 Å². The van der Waals surface area contributed by atoms with Gasteiger partial charge in [-0.1, -0.05) is 36.4 Å². The average Bonchev–Trinajstić information content (AvgIpc) is 2.40. The lowest BCUT2D eigenvalue weighted by atomic mass is 10.1. The van der Waals surface area contributed by atoms with Crippen LogP contribution in [-0.4, -0.2) is 204 Å². The smallest absolute Gasteiger partial charge is 0.343 e. The predicted octanol–water partition coefficient (Wildman–Crippen LogP) is 0.975. The Morgan fingerprint density at radius 2 is 0.884 bits per heavy atom. The molecule has 86 heavy (non-hydrogen) atoms. The number of hydrogen-bond acceptors (Lipinski definition) is 20. The molecule has 470 valence electrons. The number of nitrogens with zero attached hydrogens (tertiary/aromatic N) is 3. The number of esters is 2. The van der Waals surface area contributed by atoms with E-state index in [1.54, 1.807) is 12.1 Å². The molecule has 12 N–H and O–H groups in total. The molecule has 0 aromatic heterocycles. The first kappa shape index (κ1) is 70.5. The Hall–Kier alpha value is -8.02. The van der Waals surface area contributed by atoms with Crippen LogP contribution in [0.25, 0.3) is 0 Å². The van der Waals surface area contributed by atoms with Gasteiger partial charge >= 0.3 is 35.8 Å².